The van der Waals surface area contributed by atoms with Crippen molar-refractivity contribution >= 4 is 0 Å². The van der Waals surface area contributed by atoms with Gasteiger partial charge in [-0.3, -0.25) is 0 Å². The second-order valence-electron chi connectivity index (χ2n) is 11.0. The van der Waals surface area contributed by atoms with E-state index < -0.39 is 0 Å². The average molecular weight is 405 g/mol. The molecule has 0 amide bonds. The highest BCUT2D eigenvalue weighted by Gasteiger charge is 2.27. The second-order valence-corrected chi connectivity index (χ2v) is 11.0. The first-order valence-corrected chi connectivity index (χ1v) is 14.3. The molecule has 0 heterocycles. The standard InChI is InChI=1S/C29H56/c1-3-5-12-17-27-18-13-10-8-6-7-9-11-14-20-28(21-15-19-27)29-24-22-26(16-4-2)23-25-29/h26-29H,3-25H2,1-2H3. The van der Waals surface area contributed by atoms with E-state index in [-0.39, 0.29) is 0 Å². The van der Waals surface area contributed by atoms with E-state index in [1.807, 2.05) is 0 Å². The molecule has 172 valence electrons. The quantitative estimate of drug-likeness (QED) is 0.370. The molecular formula is C29H56. The smallest absolute Gasteiger partial charge is 0.0386 e. The first kappa shape index (κ1) is 25.3. The number of unbranched alkanes of at least 4 members (excludes halogenated alkanes) is 2. The zero-order valence-corrected chi connectivity index (χ0v) is 20.6. The van der Waals surface area contributed by atoms with Crippen molar-refractivity contribution in [2.45, 2.75) is 162 Å². The Morgan fingerprint density at radius 1 is 0.414 bits per heavy atom. The third-order valence-corrected chi connectivity index (χ3v) is 8.60. The first-order chi connectivity index (χ1) is 14.3. The largest absolute Gasteiger partial charge is 0.0654 e. The minimum atomic E-state index is 1.05. The van der Waals surface area contributed by atoms with E-state index in [1.54, 1.807) is 44.9 Å². The van der Waals surface area contributed by atoms with Gasteiger partial charge in [-0.2, -0.15) is 0 Å². The summed E-state index contributed by atoms with van der Waals surface area (Å²) >= 11 is 0. The highest BCUT2D eigenvalue weighted by molar-refractivity contribution is 4.78. The molecule has 0 saturated heterocycles. The predicted octanol–water partition coefficient (Wildman–Crippen LogP) is 10.5. The maximum absolute atomic E-state index is 2.38. The molecule has 2 unspecified atom stereocenters. The molecule has 2 rings (SSSR count). The Morgan fingerprint density at radius 3 is 1.59 bits per heavy atom. The van der Waals surface area contributed by atoms with Gasteiger partial charge in [0.2, 0.25) is 0 Å². The van der Waals surface area contributed by atoms with Crippen LogP contribution in [-0.4, -0.2) is 0 Å². The van der Waals surface area contributed by atoms with E-state index >= 15 is 0 Å². The molecule has 2 saturated carbocycles. The molecule has 2 aliphatic rings. The van der Waals surface area contributed by atoms with Crippen molar-refractivity contribution in [2.75, 3.05) is 0 Å². The van der Waals surface area contributed by atoms with Crippen molar-refractivity contribution in [1.82, 2.24) is 0 Å². The zero-order valence-electron chi connectivity index (χ0n) is 20.6. The van der Waals surface area contributed by atoms with E-state index in [0.29, 0.717) is 0 Å². The number of hydrogen-bond acceptors (Lipinski definition) is 0. The fraction of sp³-hybridized carbons (Fsp3) is 1.00. The molecule has 2 fully saturated rings. The summed E-state index contributed by atoms with van der Waals surface area (Å²) in [6, 6.07) is 0. The lowest BCUT2D eigenvalue weighted by Crippen LogP contribution is -2.22. The molecule has 0 aromatic rings. The van der Waals surface area contributed by atoms with Gasteiger partial charge in [-0.25, -0.2) is 0 Å². The Kier molecular flexibility index (Phi) is 14.5. The van der Waals surface area contributed by atoms with Gasteiger partial charge in [0.1, 0.15) is 0 Å². The summed E-state index contributed by atoms with van der Waals surface area (Å²) in [4.78, 5) is 0. The molecule has 0 aromatic heterocycles. The normalized spacial score (nSPS) is 31.7. The van der Waals surface area contributed by atoms with Crippen LogP contribution in [0.1, 0.15) is 162 Å². The van der Waals surface area contributed by atoms with E-state index in [4.69, 9.17) is 0 Å². The lowest BCUT2D eigenvalue weighted by molar-refractivity contribution is 0.174. The van der Waals surface area contributed by atoms with Crippen LogP contribution < -0.4 is 0 Å². The summed E-state index contributed by atoms with van der Waals surface area (Å²) < 4.78 is 0. The van der Waals surface area contributed by atoms with Gasteiger partial charge in [-0.1, -0.05) is 149 Å². The lowest BCUT2D eigenvalue weighted by atomic mass is 9.71. The predicted molar refractivity (Wildman–Crippen MR) is 131 cm³/mol. The second kappa shape index (κ2) is 16.7. The van der Waals surface area contributed by atoms with Crippen molar-refractivity contribution in [3.63, 3.8) is 0 Å². The van der Waals surface area contributed by atoms with Crippen molar-refractivity contribution < 1.29 is 0 Å². The molecule has 0 aromatic carbocycles. The van der Waals surface area contributed by atoms with E-state index in [2.05, 4.69) is 13.8 Å². The minimum absolute atomic E-state index is 1.05. The Balaban J connectivity index is 1.84. The van der Waals surface area contributed by atoms with Gasteiger partial charge in [0.15, 0.2) is 0 Å². The Labute approximate surface area is 185 Å². The summed E-state index contributed by atoms with van der Waals surface area (Å²) in [5, 5.41) is 0. The summed E-state index contributed by atoms with van der Waals surface area (Å²) in [7, 11) is 0. The monoisotopic (exact) mass is 404 g/mol. The van der Waals surface area contributed by atoms with Crippen molar-refractivity contribution in [3.8, 4) is 0 Å². The van der Waals surface area contributed by atoms with Gasteiger partial charge in [0, 0.05) is 0 Å². The Bertz CT molecular complexity index is 351. The van der Waals surface area contributed by atoms with Gasteiger partial charge < -0.3 is 0 Å². The molecule has 0 nitrogen and oxygen atoms in total. The molecule has 0 bridgehead atoms. The van der Waals surface area contributed by atoms with Gasteiger partial charge in [-0.15, -0.1) is 0 Å². The SMILES string of the molecule is CCCCCC1CCCCCCCCCCC(C2CCC(CCC)CC2)CCC1. The Hall–Kier alpha value is 0. The highest BCUT2D eigenvalue weighted by atomic mass is 14.3. The molecule has 29 heavy (non-hydrogen) atoms. The zero-order chi connectivity index (χ0) is 20.6. The van der Waals surface area contributed by atoms with Crippen LogP contribution in [0.2, 0.25) is 0 Å². The van der Waals surface area contributed by atoms with Crippen molar-refractivity contribution in [3.05, 3.63) is 0 Å². The molecular weight excluding hydrogens is 348 g/mol. The van der Waals surface area contributed by atoms with Crippen LogP contribution in [0, 0.1) is 23.7 Å². The number of rotatable bonds is 7. The highest BCUT2D eigenvalue weighted by Crippen LogP contribution is 2.40. The van der Waals surface area contributed by atoms with Crippen LogP contribution in [0.15, 0.2) is 0 Å². The summed E-state index contributed by atoms with van der Waals surface area (Å²) in [5.41, 5.74) is 0. The molecule has 2 atom stereocenters. The fourth-order valence-corrected chi connectivity index (χ4v) is 6.66. The number of hydrogen-bond donors (Lipinski definition) is 0. The van der Waals surface area contributed by atoms with Crippen LogP contribution in [0.4, 0.5) is 0 Å². The summed E-state index contributed by atoms with van der Waals surface area (Å²) in [6.07, 6.45) is 34.8. The van der Waals surface area contributed by atoms with Crippen LogP contribution in [-0.2, 0) is 0 Å². The van der Waals surface area contributed by atoms with Crippen molar-refractivity contribution in [2.24, 2.45) is 23.7 Å². The minimum Gasteiger partial charge on any atom is -0.0654 e. The molecule has 0 radical (unpaired) electrons. The van der Waals surface area contributed by atoms with Crippen LogP contribution in [0.3, 0.4) is 0 Å². The van der Waals surface area contributed by atoms with Gasteiger partial charge in [0.05, 0.1) is 0 Å². The van der Waals surface area contributed by atoms with E-state index in [9.17, 15) is 0 Å². The third-order valence-electron chi connectivity index (χ3n) is 8.60. The van der Waals surface area contributed by atoms with E-state index in [0.717, 1.165) is 23.7 Å². The molecule has 2 aliphatic carbocycles. The maximum atomic E-state index is 2.38. The molecule has 0 N–H and O–H groups in total. The first-order valence-electron chi connectivity index (χ1n) is 14.3. The molecule has 0 heteroatoms. The summed E-state index contributed by atoms with van der Waals surface area (Å²) in [5.74, 6) is 4.27. The van der Waals surface area contributed by atoms with E-state index in [1.165, 1.54) is 103 Å². The van der Waals surface area contributed by atoms with Crippen LogP contribution in [0.25, 0.3) is 0 Å². The fourth-order valence-electron chi connectivity index (χ4n) is 6.66. The maximum Gasteiger partial charge on any atom is -0.0386 e. The lowest BCUT2D eigenvalue weighted by Gasteiger charge is -2.34. The Morgan fingerprint density at radius 2 is 0.931 bits per heavy atom. The molecule has 0 aliphatic heterocycles. The average Bonchev–Trinajstić information content (AvgIpc) is 2.74. The van der Waals surface area contributed by atoms with Crippen LogP contribution >= 0.6 is 0 Å². The third kappa shape index (κ3) is 11.3. The topological polar surface area (TPSA) is 0 Å². The van der Waals surface area contributed by atoms with Gasteiger partial charge in [-0.05, 0) is 36.5 Å². The van der Waals surface area contributed by atoms with Crippen molar-refractivity contribution in [1.29, 1.82) is 0 Å². The van der Waals surface area contributed by atoms with Gasteiger partial charge >= 0.3 is 0 Å². The van der Waals surface area contributed by atoms with Crippen LogP contribution in [0.5, 0.6) is 0 Å². The van der Waals surface area contributed by atoms with Gasteiger partial charge in [0.25, 0.3) is 0 Å². The summed E-state index contributed by atoms with van der Waals surface area (Å²) in [6.45, 7) is 4.74. The molecule has 0 spiro atoms.